The standard InChI is InChI=1S/C40H39Cl2N3O5S/c1-2-3-26-43-40(47)38(27-30-14-7-4-8-15-30)44(28-35-36(41)20-13-21-37(35)42)39(46)29-45(51(48,49)34-18-11-6-12-19-34)31-22-24-33(25-23-31)50-32-16-9-5-10-17-32/h4-25,38H,2-3,26-29H2,1H3,(H,43,47). The number of anilines is 1. The largest absolute Gasteiger partial charge is 0.457 e. The molecule has 1 N–H and O–H groups in total. The molecule has 0 fully saturated rings. The van der Waals surface area contributed by atoms with E-state index in [0.29, 0.717) is 33.7 Å². The van der Waals surface area contributed by atoms with Gasteiger partial charge in [0.2, 0.25) is 11.8 Å². The lowest BCUT2D eigenvalue weighted by Gasteiger charge is -2.34. The molecule has 0 saturated carbocycles. The number of hydrogen-bond acceptors (Lipinski definition) is 5. The van der Waals surface area contributed by atoms with Gasteiger partial charge in [0.15, 0.2) is 0 Å². The van der Waals surface area contributed by atoms with Gasteiger partial charge in [-0.25, -0.2) is 8.42 Å². The van der Waals surface area contributed by atoms with Crippen LogP contribution in [0.2, 0.25) is 10.0 Å². The second kappa shape index (κ2) is 17.9. The third-order valence-corrected chi connectivity index (χ3v) is 10.7. The molecule has 8 nitrogen and oxygen atoms in total. The zero-order valence-electron chi connectivity index (χ0n) is 28.1. The van der Waals surface area contributed by atoms with E-state index in [4.69, 9.17) is 27.9 Å². The third-order valence-electron chi connectivity index (χ3n) is 8.20. The van der Waals surface area contributed by atoms with E-state index in [1.165, 1.54) is 17.0 Å². The molecule has 5 aromatic rings. The predicted molar refractivity (Wildman–Crippen MR) is 203 cm³/mol. The Balaban J connectivity index is 1.56. The maximum atomic E-state index is 14.7. The number of benzene rings is 5. The van der Waals surface area contributed by atoms with Gasteiger partial charge in [0, 0.05) is 35.1 Å². The highest BCUT2D eigenvalue weighted by atomic mass is 35.5. The molecule has 264 valence electrons. The van der Waals surface area contributed by atoms with E-state index in [1.807, 2.05) is 67.6 Å². The van der Waals surface area contributed by atoms with Crippen molar-refractivity contribution >= 4 is 50.7 Å². The maximum absolute atomic E-state index is 14.7. The molecule has 2 amide bonds. The minimum absolute atomic E-state index is 0.00116. The van der Waals surface area contributed by atoms with Crippen molar-refractivity contribution in [1.82, 2.24) is 10.2 Å². The first-order chi connectivity index (χ1) is 24.7. The summed E-state index contributed by atoms with van der Waals surface area (Å²) in [7, 11) is -4.27. The van der Waals surface area contributed by atoms with E-state index in [0.717, 1.165) is 22.7 Å². The Bertz CT molecular complexity index is 1980. The fraction of sp³-hybridized carbons (Fsp3) is 0.200. The third kappa shape index (κ3) is 9.91. The number of ether oxygens (including phenoxy) is 1. The zero-order chi connectivity index (χ0) is 36.2. The smallest absolute Gasteiger partial charge is 0.264 e. The number of sulfonamides is 1. The Labute approximate surface area is 309 Å². The molecule has 0 radical (unpaired) electrons. The Kier molecular flexibility index (Phi) is 13.1. The van der Waals surface area contributed by atoms with Crippen molar-refractivity contribution in [3.05, 3.63) is 155 Å². The Morgan fingerprint density at radius 2 is 1.31 bits per heavy atom. The molecule has 0 spiro atoms. The van der Waals surface area contributed by atoms with Crippen molar-refractivity contribution in [3.8, 4) is 11.5 Å². The number of rotatable bonds is 16. The van der Waals surface area contributed by atoms with Gasteiger partial charge in [-0.1, -0.05) is 109 Å². The van der Waals surface area contributed by atoms with Gasteiger partial charge in [0.05, 0.1) is 10.6 Å². The molecule has 51 heavy (non-hydrogen) atoms. The molecule has 0 saturated heterocycles. The number of amides is 2. The van der Waals surface area contributed by atoms with Gasteiger partial charge in [-0.15, -0.1) is 0 Å². The molecule has 11 heteroatoms. The van der Waals surface area contributed by atoms with Gasteiger partial charge in [-0.2, -0.15) is 0 Å². The van der Waals surface area contributed by atoms with Crippen molar-refractivity contribution in [2.45, 2.75) is 43.7 Å². The summed E-state index contributed by atoms with van der Waals surface area (Å²) in [4.78, 5) is 30.1. The van der Waals surface area contributed by atoms with Gasteiger partial charge in [-0.3, -0.25) is 13.9 Å². The van der Waals surface area contributed by atoms with Gasteiger partial charge in [0.25, 0.3) is 10.0 Å². The van der Waals surface area contributed by atoms with Crippen LogP contribution in [0.25, 0.3) is 0 Å². The quantitative estimate of drug-likeness (QED) is 0.102. The van der Waals surface area contributed by atoms with Crippen LogP contribution in [0.4, 0.5) is 5.69 Å². The minimum atomic E-state index is -4.27. The van der Waals surface area contributed by atoms with Crippen molar-refractivity contribution in [2.75, 3.05) is 17.4 Å². The Morgan fingerprint density at radius 3 is 1.92 bits per heavy atom. The molecule has 0 heterocycles. The summed E-state index contributed by atoms with van der Waals surface area (Å²) in [5.41, 5.74) is 1.49. The average Bonchev–Trinajstić information content (AvgIpc) is 3.14. The first-order valence-corrected chi connectivity index (χ1v) is 18.8. The van der Waals surface area contributed by atoms with Crippen LogP contribution in [-0.4, -0.2) is 44.3 Å². The first kappa shape index (κ1) is 37.4. The number of nitrogens with one attached hydrogen (secondary N) is 1. The molecule has 0 aliphatic rings. The van der Waals surface area contributed by atoms with Gasteiger partial charge in [0.1, 0.15) is 24.1 Å². The molecule has 1 unspecified atom stereocenters. The Morgan fingerprint density at radius 1 is 0.745 bits per heavy atom. The molecule has 0 aliphatic carbocycles. The van der Waals surface area contributed by atoms with Crippen molar-refractivity contribution in [2.24, 2.45) is 0 Å². The highest BCUT2D eigenvalue weighted by molar-refractivity contribution is 7.92. The number of para-hydroxylation sites is 1. The number of unbranched alkanes of at least 4 members (excludes halogenated alkanes) is 1. The second-order valence-corrected chi connectivity index (χ2v) is 14.5. The molecule has 0 bridgehead atoms. The van der Waals surface area contributed by atoms with E-state index in [2.05, 4.69) is 5.32 Å². The predicted octanol–water partition coefficient (Wildman–Crippen LogP) is 8.54. The minimum Gasteiger partial charge on any atom is -0.457 e. The lowest BCUT2D eigenvalue weighted by molar-refractivity contribution is -0.140. The van der Waals surface area contributed by atoms with E-state index >= 15 is 0 Å². The number of hydrogen-bond donors (Lipinski definition) is 1. The first-order valence-electron chi connectivity index (χ1n) is 16.6. The number of nitrogens with zero attached hydrogens (tertiary/aromatic N) is 2. The summed E-state index contributed by atoms with van der Waals surface area (Å²) in [5.74, 6) is 0.102. The van der Waals surface area contributed by atoms with Gasteiger partial charge in [-0.05, 0) is 72.6 Å². The van der Waals surface area contributed by atoms with E-state index in [-0.39, 0.29) is 29.5 Å². The zero-order valence-corrected chi connectivity index (χ0v) is 30.4. The van der Waals surface area contributed by atoms with Gasteiger partial charge >= 0.3 is 0 Å². The molecule has 1 atom stereocenters. The van der Waals surface area contributed by atoms with Crippen LogP contribution in [0.1, 0.15) is 30.9 Å². The van der Waals surface area contributed by atoms with Crippen LogP contribution in [0, 0.1) is 0 Å². The summed E-state index contributed by atoms with van der Waals surface area (Å²) in [5, 5.41) is 3.60. The molecule has 5 aromatic carbocycles. The molecule has 5 rings (SSSR count). The van der Waals surface area contributed by atoms with E-state index in [1.54, 1.807) is 60.7 Å². The number of halogens is 2. The van der Waals surface area contributed by atoms with Crippen LogP contribution in [0.5, 0.6) is 11.5 Å². The Hall–Kier alpha value is -4.83. The van der Waals surface area contributed by atoms with Crippen molar-refractivity contribution in [1.29, 1.82) is 0 Å². The summed E-state index contributed by atoms with van der Waals surface area (Å²) >= 11 is 13.2. The van der Waals surface area contributed by atoms with E-state index < -0.39 is 28.5 Å². The summed E-state index contributed by atoms with van der Waals surface area (Å²) in [6.07, 6.45) is 1.79. The van der Waals surface area contributed by atoms with Crippen LogP contribution < -0.4 is 14.4 Å². The van der Waals surface area contributed by atoms with Gasteiger partial charge < -0.3 is 15.0 Å². The number of carbonyl (C=O) groups excluding carboxylic acids is 2. The van der Waals surface area contributed by atoms with Crippen molar-refractivity contribution in [3.63, 3.8) is 0 Å². The topological polar surface area (TPSA) is 96.0 Å². The average molecular weight is 745 g/mol. The van der Waals surface area contributed by atoms with Crippen LogP contribution >= 0.6 is 23.2 Å². The highest BCUT2D eigenvalue weighted by Gasteiger charge is 2.35. The maximum Gasteiger partial charge on any atom is 0.264 e. The van der Waals surface area contributed by atoms with Crippen LogP contribution in [-0.2, 0) is 32.6 Å². The van der Waals surface area contributed by atoms with Crippen molar-refractivity contribution < 1.29 is 22.7 Å². The van der Waals surface area contributed by atoms with E-state index in [9.17, 15) is 18.0 Å². The lowest BCUT2D eigenvalue weighted by Crippen LogP contribution is -2.53. The van der Waals surface area contributed by atoms with Crippen LogP contribution in [0.15, 0.2) is 138 Å². The SMILES string of the molecule is CCCCNC(=O)C(Cc1ccccc1)N(Cc1c(Cl)cccc1Cl)C(=O)CN(c1ccc(Oc2ccccc2)cc1)S(=O)(=O)c1ccccc1. The summed E-state index contributed by atoms with van der Waals surface area (Å²) in [6.45, 7) is 1.68. The lowest BCUT2D eigenvalue weighted by atomic mass is 10.0. The molecular weight excluding hydrogens is 705 g/mol. The summed E-state index contributed by atoms with van der Waals surface area (Å²) < 4.78 is 35.6. The molecule has 0 aromatic heterocycles. The normalized spacial score (nSPS) is 11.7. The summed E-state index contributed by atoms with van der Waals surface area (Å²) in [6, 6.07) is 36.9. The molecule has 0 aliphatic heterocycles. The van der Waals surface area contributed by atoms with Crippen LogP contribution in [0.3, 0.4) is 0 Å². The number of carbonyl (C=O) groups is 2. The fourth-order valence-electron chi connectivity index (χ4n) is 5.47. The fourth-order valence-corrected chi connectivity index (χ4v) is 7.42. The molecular formula is C40H39Cl2N3O5S. The monoisotopic (exact) mass is 743 g/mol. The highest BCUT2D eigenvalue weighted by Crippen LogP contribution is 2.30. The second-order valence-electron chi connectivity index (χ2n) is 11.8.